The summed E-state index contributed by atoms with van der Waals surface area (Å²) < 4.78 is 18.4. The smallest absolute Gasteiger partial charge is 0.321 e. The zero-order valence-electron chi connectivity index (χ0n) is 23.0. The Hall–Kier alpha value is -2.18. The van der Waals surface area contributed by atoms with Gasteiger partial charge in [-0.2, -0.15) is 0 Å². The molecular formula is C30H42O5Si. The maximum absolute atomic E-state index is 14.5. The number of hydrogen-bond acceptors (Lipinski definition) is 5. The molecule has 1 aliphatic heterocycles. The standard InChI is InChI=1S/C30H42O5Si/c1-10-21-13-14-22(11-2)30(21)18-29(27(32)34-30,25-16-20-12-15-23(33-7)17-24(20)25)26(31)19(3)35-36(8,9)28(4,5)6/h10-12,15,17,19,21-22,25H,1-2,13-14,16,18H2,3-9H3/t19-,21-,22-,25-,29-/m0/s1. The summed E-state index contributed by atoms with van der Waals surface area (Å²) in [6.07, 6.45) is 5.79. The lowest BCUT2D eigenvalue weighted by Crippen LogP contribution is -2.53. The molecule has 1 aromatic carbocycles. The lowest BCUT2D eigenvalue weighted by Gasteiger charge is -2.44. The Kier molecular flexibility index (Phi) is 6.70. The Morgan fingerprint density at radius 2 is 1.81 bits per heavy atom. The summed E-state index contributed by atoms with van der Waals surface area (Å²) >= 11 is 0. The average Bonchev–Trinajstić information content (AvgIpc) is 3.29. The van der Waals surface area contributed by atoms with Gasteiger partial charge < -0.3 is 13.9 Å². The number of ether oxygens (including phenoxy) is 2. The zero-order chi connectivity index (χ0) is 26.7. The first-order valence-corrected chi connectivity index (χ1v) is 16.1. The van der Waals surface area contributed by atoms with Gasteiger partial charge in [-0.25, -0.2) is 0 Å². The number of carbonyl (C=O) groups excluding carboxylic acids is 2. The van der Waals surface area contributed by atoms with Gasteiger partial charge in [0.25, 0.3) is 0 Å². The van der Waals surface area contributed by atoms with Gasteiger partial charge >= 0.3 is 5.97 Å². The normalized spacial score (nSPS) is 29.8. The predicted molar refractivity (Wildman–Crippen MR) is 145 cm³/mol. The van der Waals surface area contributed by atoms with Crippen LogP contribution in [0.3, 0.4) is 0 Å². The van der Waals surface area contributed by atoms with E-state index in [1.165, 1.54) is 0 Å². The van der Waals surface area contributed by atoms with Crippen LogP contribution in [0, 0.1) is 17.3 Å². The van der Waals surface area contributed by atoms with Gasteiger partial charge in [0, 0.05) is 24.2 Å². The van der Waals surface area contributed by atoms with E-state index < -0.39 is 31.4 Å². The van der Waals surface area contributed by atoms with Gasteiger partial charge in [0.1, 0.15) is 22.9 Å². The highest BCUT2D eigenvalue weighted by molar-refractivity contribution is 6.74. The molecule has 0 unspecified atom stereocenters. The molecule has 1 aromatic rings. The maximum atomic E-state index is 14.5. The number of Topliss-reactive ketones (excluding diaryl/α,β-unsaturated/α-hetero) is 1. The Labute approximate surface area is 217 Å². The highest BCUT2D eigenvalue weighted by Gasteiger charge is 2.70. The summed E-state index contributed by atoms with van der Waals surface area (Å²) in [5.41, 5.74) is 0.0430. The lowest BCUT2D eigenvalue weighted by atomic mass is 9.56. The highest BCUT2D eigenvalue weighted by atomic mass is 28.4. The number of carbonyl (C=O) groups is 2. The van der Waals surface area contributed by atoms with Crippen molar-refractivity contribution in [1.82, 2.24) is 0 Å². The molecule has 2 fully saturated rings. The van der Waals surface area contributed by atoms with Gasteiger partial charge in [-0.15, -0.1) is 13.2 Å². The number of benzene rings is 1. The summed E-state index contributed by atoms with van der Waals surface area (Å²) in [4.78, 5) is 28.6. The van der Waals surface area contributed by atoms with Crippen LogP contribution >= 0.6 is 0 Å². The average molecular weight is 511 g/mol. The molecular weight excluding hydrogens is 468 g/mol. The lowest BCUT2D eigenvalue weighted by molar-refractivity contribution is -0.162. The third-order valence-electron chi connectivity index (χ3n) is 9.65. The van der Waals surface area contributed by atoms with E-state index in [1.807, 2.05) is 37.3 Å². The molecule has 1 saturated carbocycles. The summed E-state index contributed by atoms with van der Waals surface area (Å²) in [5.74, 6) is -0.158. The van der Waals surface area contributed by atoms with Crippen molar-refractivity contribution in [2.45, 2.75) is 89.1 Å². The van der Waals surface area contributed by atoms with Gasteiger partial charge in [-0.3, -0.25) is 9.59 Å². The minimum absolute atomic E-state index is 0.0133. The van der Waals surface area contributed by atoms with Gasteiger partial charge in [0.05, 0.1) is 7.11 Å². The molecule has 2 aliphatic carbocycles. The molecule has 1 spiro atoms. The van der Waals surface area contributed by atoms with Crippen molar-refractivity contribution >= 4 is 20.1 Å². The molecule has 0 N–H and O–H groups in total. The molecule has 0 bridgehead atoms. The Morgan fingerprint density at radius 3 is 2.33 bits per heavy atom. The Bertz CT molecular complexity index is 1070. The minimum Gasteiger partial charge on any atom is -0.497 e. The van der Waals surface area contributed by atoms with Crippen LogP contribution in [0.25, 0.3) is 0 Å². The van der Waals surface area contributed by atoms with Crippen molar-refractivity contribution in [3.05, 3.63) is 54.6 Å². The van der Waals surface area contributed by atoms with E-state index in [1.54, 1.807) is 7.11 Å². The fourth-order valence-electron chi connectivity index (χ4n) is 6.49. The van der Waals surface area contributed by atoms with E-state index in [9.17, 15) is 9.59 Å². The summed E-state index contributed by atoms with van der Waals surface area (Å²) in [6.45, 7) is 20.7. The fourth-order valence-corrected chi connectivity index (χ4v) is 7.83. The first kappa shape index (κ1) is 26.9. The first-order chi connectivity index (χ1) is 16.8. The van der Waals surface area contributed by atoms with E-state index in [4.69, 9.17) is 13.9 Å². The molecule has 3 aliphatic rings. The van der Waals surface area contributed by atoms with E-state index in [0.29, 0.717) is 12.8 Å². The number of fused-ring (bicyclic) bond motifs is 1. The fraction of sp³-hybridized carbons (Fsp3) is 0.600. The van der Waals surface area contributed by atoms with Crippen molar-refractivity contribution in [3.63, 3.8) is 0 Å². The quantitative estimate of drug-likeness (QED) is 0.176. The predicted octanol–water partition coefficient (Wildman–Crippen LogP) is 6.38. The molecule has 5 atom stereocenters. The van der Waals surface area contributed by atoms with Crippen LogP contribution in [-0.4, -0.2) is 38.9 Å². The molecule has 0 amide bonds. The van der Waals surface area contributed by atoms with Crippen molar-refractivity contribution in [2.75, 3.05) is 7.11 Å². The second kappa shape index (κ2) is 8.98. The second-order valence-corrected chi connectivity index (χ2v) is 17.2. The first-order valence-electron chi connectivity index (χ1n) is 13.1. The maximum Gasteiger partial charge on any atom is 0.321 e. The molecule has 1 saturated heterocycles. The monoisotopic (exact) mass is 510 g/mol. The molecule has 1 heterocycles. The van der Waals surface area contributed by atoms with Crippen LogP contribution in [0.4, 0.5) is 0 Å². The van der Waals surface area contributed by atoms with E-state index in [2.05, 4.69) is 47.0 Å². The van der Waals surface area contributed by atoms with Gasteiger partial charge in [0.2, 0.25) is 0 Å². The van der Waals surface area contributed by atoms with Gasteiger partial charge in [-0.05, 0) is 67.6 Å². The molecule has 5 nitrogen and oxygen atoms in total. The van der Waals surface area contributed by atoms with Crippen LogP contribution < -0.4 is 4.74 Å². The van der Waals surface area contributed by atoms with E-state index in [-0.39, 0.29) is 28.6 Å². The molecule has 0 aromatic heterocycles. The second-order valence-electron chi connectivity index (χ2n) is 12.5. The number of ketones is 1. The highest BCUT2D eigenvalue weighted by Crippen LogP contribution is 2.63. The topological polar surface area (TPSA) is 61.8 Å². The summed E-state index contributed by atoms with van der Waals surface area (Å²) in [6, 6.07) is 5.93. The summed E-state index contributed by atoms with van der Waals surface area (Å²) in [5, 5.41) is -0.0597. The van der Waals surface area contributed by atoms with Crippen LogP contribution in [0.1, 0.15) is 64.0 Å². The van der Waals surface area contributed by atoms with Crippen LogP contribution in [0.2, 0.25) is 18.1 Å². The third kappa shape index (κ3) is 3.83. The van der Waals surface area contributed by atoms with Crippen molar-refractivity contribution in [2.24, 2.45) is 17.3 Å². The molecule has 196 valence electrons. The van der Waals surface area contributed by atoms with E-state index in [0.717, 1.165) is 29.7 Å². The molecule has 36 heavy (non-hydrogen) atoms. The van der Waals surface area contributed by atoms with Gasteiger partial charge in [0.15, 0.2) is 14.1 Å². The van der Waals surface area contributed by atoms with Crippen molar-refractivity contribution < 1.29 is 23.5 Å². The number of methoxy groups -OCH3 is 1. The van der Waals surface area contributed by atoms with Crippen molar-refractivity contribution in [1.29, 1.82) is 0 Å². The third-order valence-corrected chi connectivity index (χ3v) is 14.2. The summed E-state index contributed by atoms with van der Waals surface area (Å²) in [7, 11) is -0.625. The molecule has 6 heteroatoms. The van der Waals surface area contributed by atoms with Crippen molar-refractivity contribution in [3.8, 4) is 5.75 Å². The van der Waals surface area contributed by atoms with E-state index >= 15 is 0 Å². The molecule has 0 radical (unpaired) electrons. The Balaban J connectivity index is 1.81. The SMILES string of the molecule is C=C[C@H]1CC[C@H](C=C)C12C[C@@](C(=O)[C@H](C)O[Si](C)(C)C(C)(C)C)([C@H]1Cc3ccc(OC)cc31)C(=O)O2. The van der Waals surface area contributed by atoms with Gasteiger partial charge in [-0.1, -0.05) is 39.0 Å². The number of esters is 1. The zero-order valence-corrected chi connectivity index (χ0v) is 24.0. The molecule has 4 rings (SSSR count). The largest absolute Gasteiger partial charge is 0.497 e. The van der Waals surface area contributed by atoms with Crippen LogP contribution in [0.5, 0.6) is 5.75 Å². The van der Waals surface area contributed by atoms with Crippen LogP contribution in [0.15, 0.2) is 43.5 Å². The Morgan fingerprint density at radius 1 is 1.19 bits per heavy atom. The number of hydrogen-bond donors (Lipinski definition) is 0. The minimum atomic E-state index is -2.26. The number of rotatable bonds is 8. The van der Waals surface area contributed by atoms with Crippen LogP contribution in [-0.2, 0) is 25.2 Å².